The van der Waals surface area contributed by atoms with Gasteiger partial charge in [-0.25, -0.2) is 9.78 Å². The molecule has 166 valence electrons. The zero-order valence-corrected chi connectivity index (χ0v) is 18.4. The van der Waals surface area contributed by atoms with Crippen LogP contribution in [0.25, 0.3) is 0 Å². The summed E-state index contributed by atoms with van der Waals surface area (Å²) in [5.41, 5.74) is 1.77. The van der Waals surface area contributed by atoms with E-state index in [0.29, 0.717) is 17.1 Å². The lowest BCUT2D eigenvalue weighted by Gasteiger charge is -2.20. The van der Waals surface area contributed by atoms with E-state index in [-0.39, 0.29) is 17.3 Å². The highest BCUT2D eigenvalue weighted by Gasteiger charge is 2.18. The number of phenols is 1. The summed E-state index contributed by atoms with van der Waals surface area (Å²) in [6.45, 7) is 7.11. The van der Waals surface area contributed by atoms with Gasteiger partial charge in [-0.05, 0) is 63.6 Å². The highest BCUT2D eigenvalue weighted by Crippen LogP contribution is 2.29. The second-order valence-corrected chi connectivity index (χ2v) is 8.22. The topological polar surface area (TPSA) is 113 Å². The van der Waals surface area contributed by atoms with Gasteiger partial charge in [0.25, 0.3) is 5.91 Å². The van der Waals surface area contributed by atoms with E-state index >= 15 is 0 Å². The van der Waals surface area contributed by atoms with Gasteiger partial charge < -0.3 is 20.5 Å². The molecule has 0 saturated carbocycles. The van der Waals surface area contributed by atoms with Crippen molar-refractivity contribution in [3.8, 4) is 5.75 Å². The van der Waals surface area contributed by atoms with E-state index in [1.165, 1.54) is 6.07 Å². The first kappa shape index (κ1) is 22.6. The Hall–Kier alpha value is -4.07. The molecule has 0 aliphatic rings. The lowest BCUT2D eigenvalue weighted by Crippen LogP contribution is -2.27. The minimum Gasteiger partial charge on any atom is -0.506 e. The average molecular weight is 434 g/mol. The van der Waals surface area contributed by atoms with Crippen LogP contribution in [0.15, 0.2) is 60.7 Å². The third kappa shape index (κ3) is 6.46. The number of aryl methyl sites for hydroxylation is 1. The summed E-state index contributed by atoms with van der Waals surface area (Å²) in [5.74, 6) is -0.284. The van der Waals surface area contributed by atoms with Crippen molar-refractivity contribution in [1.29, 1.82) is 0 Å². The van der Waals surface area contributed by atoms with Crippen LogP contribution in [-0.2, 0) is 4.74 Å². The van der Waals surface area contributed by atoms with Gasteiger partial charge >= 0.3 is 6.09 Å². The Morgan fingerprint density at radius 1 is 0.938 bits per heavy atom. The molecular weight excluding hydrogens is 408 g/mol. The van der Waals surface area contributed by atoms with Crippen molar-refractivity contribution in [1.82, 2.24) is 4.98 Å². The van der Waals surface area contributed by atoms with Crippen LogP contribution in [0.4, 0.5) is 27.7 Å². The number of rotatable bonds is 5. The van der Waals surface area contributed by atoms with Gasteiger partial charge in [-0.1, -0.05) is 24.3 Å². The van der Waals surface area contributed by atoms with Crippen LogP contribution in [0.2, 0.25) is 0 Å². The van der Waals surface area contributed by atoms with Crippen molar-refractivity contribution < 1.29 is 19.4 Å². The molecule has 0 bridgehead atoms. The molecule has 2 aromatic carbocycles. The fourth-order valence-corrected chi connectivity index (χ4v) is 2.81. The number of amides is 2. The maximum atomic E-state index is 12.8. The van der Waals surface area contributed by atoms with Crippen LogP contribution in [0.3, 0.4) is 0 Å². The number of hydrogen-bond acceptors (Lipinski definition) is 6. The molecule has 32 heavy (non-hydrogen) atoms. The van der Waals surface area contributed by atoms with Gasteiger partial charge in [-0.15, -0.1) is 0 Å². The Morgan fingerprint density at radius 3 is 2.31 bits per heavy atom. The van der Waals surface area contributed by atoms with Crippen molar-refractivity contribution in [2.45, 2.75) is 33.3 Å². The monoisotopic (exact) mass is 434 g/mol. The van der Waals surface area contributed by atoms with E-state index < -0.39 is 17.6 Å². The molecule has 0 saturated heterocycles. The minimum absolute atomic E-state index is 0.0544. The molecule has 0 aliphatic heterocycles. The zero-order chi connectivity index (χ0) is 23.3. The fourth-order valence-electron chi connectivity index (χ4n) is 2.81. The summed E-state index contributed by atoms with van der Waals surface area (Å²) in [5, 5.41) is 18.6. The van der Waals surface area contributed by atoms with E-state index in [9.17, 15) is 14.7 Å². The number of para-hydroxylation sites is 1. The molecule has 0 radical (unpaired) electrons. The third-order valence-electron chi connectivity index (χ3n) is 4.15. The molecule has 0 unspecified atom stereocenters. The molecule has 2 amide bonds. The van der Waals surface area contributed by atoms with Crippen molar-refractivity contribution in [2.24, 2.45) is 0 Å². The molecule has 0 fully saturated rings. The molecule has 3 aromatic rings. The van der Waals surface area contributed by atoms with Gasteiger partial charge in [-0.2, -0.15) is 0 Å². The first-order valence-electron chi connectivity index (χ1n) is 10.0. The highest BCUT2D eigenvalue weighted by atomic mass is 16.6. The average Bonchev–Trinajstić information content (AvgIpc) is 2.69. The van der Waals surface area contributed by atoms with E-state index in [0.717, 1.165) is 5.56 Å². The maximum Gasteiger partial charge on any atom is 0.413 e. The van der Waals surface area contributed by atoms with E-state index in [1.807, 2.05) is 19.1 Å². The summed E-state index contributed by atoms with van der Waals surface area (Å²) < 4.78 is 5.28. The smallest absolute Gasteiger partial charge is 0.413 e. The predicted molar refractivity (Wildman–Crippen MR) is 125 cm³/mol. The van der Waals surface area contributed by atoms with Crippen molar-refractivity contribution in [3.05, 3.63) is 71.9 Å². The molecule has 0 spiro atoms. The first-order valence-corrected chi connectivity index (χ1v) is 10.0. The molecule has 3 rings (SSSR count). The van der Waals surface area contributed by atoms with Crippen LogP contribution < -0.4 is 16.0 Å². The number of hydrogen-bond donors (Lipinski definition) is 4. The number of benzene rings is 2. The second-order valence-electron chi connectivity index (χ2n) is 8.22. The normalized spacial score (nSPS) is 10.9. The molecule has 8 nitrogen and oxygen atoms in total. The quantitative estimate of drug-likeness (QED) is 0.398. The van der Waals surface area contributed by atoms with Crippen LogP contribution in [0.1, 0.15) is 36.8 Å². The second kappa shape index (κ2) is 9.38. The Morgan fingerprint density at radius 2 is 1.66 bits per heavy atom. The summed E-state index contributed by atoms with van der Waals surface area (Å²) in [7, 11) is 0. The number of nitrogens with one attached hydrogen (secondary N) is 3. The van der Waals surface area contributed by atoms with Crippen LogP contribution in [-0.4, -0.2) is 27.7 Å². The Kier molecular flexibility index (Phi) is 6.63. The molecular formula is C24H26N4O4. The van der Waals surface area contributed by atoms with E-state index in [4.69, 9.17) is 4.74 Å². The number of aromatic hydroxyl groups is 1. The SMILES string of the molecule is Cc1ccc(Nc2cc(NC(=O)OC(C)(C)C)nc(C(=O)Nc3ccccc3)c2)c(O)c1. The van der Waals surface area contributed by atoms with Crippen LogP contribution in [0, 0.1) is 6.92 Å². The minimum atomic E-state index is -0.699. The molecule has 8 heteroatoms. The third-order valence-corrected chi connectivity index (χ3v) is 4.15. The van der Waals surface area contributed by atoms with Gasteiger partial charge in [0, 0.05) is 17.4 Å². The lowest BCUT2D eigenvalue weighted by atomic mass is 10.2. The largest absolute Gasteiger partial charge is 0.506 e. The lowest BCUT2D eigenvalue weighted by molar-refractivity contribution is 0.0635. The Labute approximate surface area is 186 Å². The summed E-state index contributed by atoms with van der Waals surface area (Å²) in [6, 6.07) is 17.2. The van der Waals surface area contributed by atoms with Gasteiger partial charge in [0.05, 0.1) is 5.69 Å². The molecule has 4 N–H and O–H groups in total. The first-order chi connectivity index (χ1) is 15.1. The van der Waals surface area contributed by atoms with Gasteiger partial charge in [0.1, 0.15) is 22.9 Å². The van der Waals surface area contributed by atoms with E-state index in [2.05, 4.69) is 20.9 Å². The summed E-state index contributed by atoms with van der Waals surface area (Å²) in [6.07, 6.45) is -0.699. The van der Waals surface area contributed by atoms with E-state index in [1.54, 1.807) is 63.2 Å². The zero-order valence-electron chi connectivity index (χ0n) is 18.4. The molecule has 1 heterocycles. The molecule has 0 atom stereocenters. The standard InChI is InChI=1S/C24H26N4O4/c1-15-10-11-18(20(29)12-15)25-17-13-19(22(30)26-16-8-6-5-7-9-16)27-21(14-17)28-23(31)32-24(2,3)4/h5-14,29H,1-4H3,(H,26,30)(H2,25,27,28,31). The predicted octanol–water partition coefficient (Wildman–Crippen LogP) is 5.44. The maximum absolute atomic E-state index is 12.8. The summed E-state index contributed by atoms with van der Waals surface area (Å²) >= 11 is 0. The number of carbonyl (C=O) groups is 2. The van der Waals surface area contributed by atoms with Gasteiger partial charge in [0.2, 0.25) is 0 Å². The van der Waals surface area contributed by atoms with Gasteiger partial charge in [0.15, 0.2) is 0 Å². The number of pyridine rings is 1. The van der Waals surface area contributed by atoms with Crippen LogP contribution >= 0.6 is 0 Å². The number of carbonyl (C=O) groups excluding carboxylic acids is 2. The van der Waals surface area contributed by atoms with Crippen LogP contribution in [0.5, 0.6) is 5.75 Å². The van der Waals surface area contributed by atoms with Gasteiger partial charge in [-0.3, -0.25) is 10.1 Å². The number of aromatic nitrogens is 1. The highest BCUT2D eigenvalue weighted by molar-refractivity contribution is 6.04. The number of ether oxygens (including phenoxy) is 1. The number of phenolic OH excluding ortho intramolecular Hbond substituents is 1. The molecule has 1 aromatic heterocycles. The van der Waals surface area contributed by atoms with Crippen molar-refractivity contribution >= 4 is 34.9 Å². The van der Waals surface area contributed by atoms with Crippen molar-refractivity contribution in [3.63, 3.8) is 0 Å². The molecule has 0 aliphatic carbocycles. The summed E-state index contributed by atoms with van der Waals surface area (Å²) in [4.78, 5) is 29.3. The number of nitrogens with zero attached hydrogens (tertiary/aromatic N) is 1. The fraction of sp³-hybridized carbons (Fsp3) is 0.208. The van der Waals surface area contributed by atoms with Crippen molar-refractivity contribution in [2.75, 3.05) is 16.0 Å². The Balaban J connectivity index is 1.91. The Bertz CT molecular complexity index is 1120. The number of anilines is 4.